The minimum Gasteiger partial charge on any atom is -0.497 e. The van der Waals surface area contributed by atoms with Crippen molar-refractivity contribution in [3.8, 4) is 5.75 Å². The maximum Gasteiger partial charge on any atom is 0.324 e. The lowest BCUT2D eigenvalue weighted by molar-refractivity contribution is -0.143. The molecule has 174 valence electrons. The lowest BCUT2D eigenvalue weighted by atomic mass is 9.76. The number of carbonyl (C=O) groups excluding carboxylic acids is 3. The number of carbonyl (C=O) groups is 3. The summed E-state index contributed by atoms with van der Waals surface area (Å²) >= 11 is 0. The van der Waals surface area contributed by atoms with E-state index in [4.69, 9.17) is 9.47 Å². The molecule has 2 aliphatic heterocycles. The van der Waals surface area contributed by atoms with Gasteiger partial charge in [0.25, 0.3) is 0 Å². The van der Waals surface area contributed by atoms with Crippen LogP contribution in [0, 0.1) is 11.8 Å². The molecule has 1 N–H and O–H groups in total. The van der Waals surface area contributed by atoms with Crippen LogP contribution < -0.4 is 15.0 Å². The highest BCUT2D eigenvalue weighted by atomic mass is 16.5. The number of hydrogen-bond acceptors (Lipinski definition) is 6. The fourth-order valence-corrected chi connectivity index (χ4v) is 5.02. The monoisotopic (exact) mass is 444 g/mol. The Hall–Kier alpha value is -2.81. The van der Waals surface area contributed by atoms with E-state index in [2.05, 4.69) is 10.2 Å². The summed E-state index contributed by atoms with van der Waals surface area (Å²) in [5.41, 5.74) is 1.12. The molecule has 2 heterocycles. The summed E-state index contributed by atoms with van der Waals surface area (Å²) in [5, 5.41) is 2.95. The zero-order chi connectivity index (χ0) is 22.7. The number of nitrogens with zero attached hydrogens (tertiary/aromatic N) is 3. The number of rotatable bonds is 6. The highest BCUT2D eigenvalue weighted by Gasteiger charge is 2.45. The maximum absolute atomic E-state index is 13.2. The Labute approximate surface area is 188 Å². The first-order chi connectivity index (χ1) is 15.5. The van der Waals surface area contributed by atoms with Crippen molar-refractivity contribution in [1.82, 2.24) is 15.1 Å². The van der Waals surface area contributed by atoms with E-state index in [0.29, 0.717) is 39.0 Å². The van der Waals surface area contributed by atoms with Crippen molar-refractivity contribution >= 4 is 23.5 Å². The van der Waals surface area contributed by atoms with Gasteiger partial charge in [0.15, 0.2) is 0 Å². The summed E-state index contributed by atoms with van der Waals surface area (Å²) in [6, 6.07) is 7.32. The van der Waals surface area contributed by atoms with E-state index in [1.807, 2.05) is 29.2 Å². The van der Waals surface area contributed by atoms with Crippen LogP contribution in [0.1, 0.15) is 19.3 Å². The van der Waals surface area contributed by atoms with Gasteiger partial charge in [-0.2, -0.15) is 0 Å². The quantitative estimate of drug-likeness (QED) is 0.712. The average molecular weight is 445 g/mol. The SMILES string of the molecule is COCCN1C(=O)NC2CC(C(=O)N3CCN(c4ccc(OC)cc4)CC3)CCC2C1=O. The van der Waals surface area contributed by atoms with Gasteiger partial charge in [-0.05, 0) is 43.5 Å². The van der Waals surface area contributed by atoms with Crippen LogP contribution in [0.2, 0.25) is 0 Å². The Morgan fingerprint density at radius 3 is 2.44 bits per heavy atom. The van der Waals surface area contributed by atoms with Crippen molar-refractivity contribution in [1.29, 1.82) is 0 Å². The zero-order valence-electron chi connectivity index (χ0n) is 18.8. The third-order valence-electron chi connectivity index (χ3n) is 6.88. The second kappa shape index (κ2) is 9.77. The van der Waals surface area contributed by atoms with E-state index in [1.54, 1.807) is 14.2 Å². The van der Waals surface area contributed by atoms with Gasteiger partial charge in [0.2, 0.25) is 11.8 Å². The van der Waals surface area contributed by atoms with Crippen molar-refractivity contribution in [2.75, 3.05) is 58.5 Å². The fourth-order valence-electron chi connectivity index (χ4n) is 5.02. The molecule has 0 bridgehead atoms. The number of amides is 4. The van der Waals surface area contributed by atoms with Gasteiger partial charge in [-0.15, -0.1) is 0 Å². The number of hydrogen-bond donors (Lipinski definition) is 1. The Morgan fingerprint density at radius 2 is 1.78 bits per heavy atom. The Morgan fingerprint density at radius 1 is 1.06 bits per heavy atom. The van der Waals surface area contributed by atoms with Crippen LogP contribution in [0.5, 0.6) is 5.75 Å². The number of nitrogens with one attached hydrogen (secondary N) is 1. The molecule has 3 atom stereocenters. The van der Waals surface area contributed by atoms with Crippen LogP contribution in [0.25, 0.3) is 0 Å². The molecule has 0 radical (unpaired) electrons. The van der Waals surface area contributed by atoms with Gasteiger partial charge in [-0.1, -0.05) is 0 Å². The summed E-state index contributed by atoms with van der Waals surface area (Å²) < 4.78 is 10.2. The van der Waals surface area contributed by atoms with Crippen LogP contribution in [0.3, 0.4) is 0 Å². The highest BCUT2D eigenvalue weighted by Crippen LogP contribution is 2.34. The standard InChI is InChI=1S/C23H32N4O5/c1-31-14-13-27-22(29)19-8-3-16(15-20(19)24-23(27)30)21(28)26-11-9-25(10-12-26)17-4-6-18(32-2)7-5-17/h4-7,16,19-20H,3,8-15H2,1-2H3,(H,24,30). The molecule has 9 heteroatoms. The Balaban J connectivity index is 1.31. The number of anilines is 1. The van der Waals surface area contributed by atoms with Crippen LogP contribution in [-0.2, 0) is 14.3 Å². The minimum atomic E-state index is -0.380. The van der Waals surface area contributed by atoms with Crippen LogP contribution in [0.4, 0.5) is 10.5 Å². The highest BCUT2D eigenvalue weighted by molar-refractivity contribution is 5.99. The lowest BCUT2D eigenvalue weighted by Crippen LogP contribution is -2.62. The van der Waals surface area contributed by atoms with Gasteiger partial charge in [-0.25, -0.2) is 4.79 Å². The second-order valence-corrected chi connectivity index (χ2v) is 8.67. The molecule has 0 aromatic heterocycles. The molecule has 4 amide bonds. The van der Waals surface area contributed by atoms with Crippen molar-refractivity contribution in [2.24, 2.45) is 11.8 Å². The van der Waals surface area contributed by atoms with Gasteiger partial charge in [0.05, 0.1) is 26.2 Å². The fraction of sp³-hybridized carbons (Fsp3) is 0.609. The number of imide groups is 1. The summed E-state index contributed by atoms with van der Waals surface area (Å²) in [4.78, 5) is 43.8. The summed E-state index contributed by atoms with van der Waals surface area (Å²) in [5.74, 6) is 0.423. The Bertz CT molecular complexity index is 837. The summed E-state index contributed by atoms with van der Waals surface area (Å²) in [6.07, 6.45) is 1.83. The van der Waals surface area contributed by atoms with Crippen LogP contribution >= 0.6 is 0 Å². The molecule has 0 spiro atoms. The molecular formula is C23H32N4O5. The topological polar surface area (TPSA) is 91.4 Å². The molecule has 4 rings (SSSR count). The molecule has 2 saturated heterocycles. The molecule has 32 heavy (non-hydrogen) atoms. The molecule has 9 nitrogen and oxygen atoms in total. The first kappa shape index (κ1) is 22.4. The van der Waals surface area contributed by atoms with Gasteiger partial charge < -0.3 is 24.6 Å². The number of fused-ring (bicyclic) bond motifs is 1. The Kier molecular flexibility index (Phi) is 6.83. The normalized spacial score (nSPS) is 25.9. The first-order valence-corrected chi connectivity index (χ1v) is 11.3. The smallest absolute Gasteiger partial charge is 0.324 e. The average Bonchev–Trinajstić information content (AvgIpc) is 2.83. The molecule has 1 aliphatic carbocycles. The van der Waals surface area contributed by atoms with E-state index in [-0.39, 0.29) is 42.3 Å². The number of benzene rings is 1. The minimum absolute atomic E-state index is 0.140. The number of piperazine rings is 1. The lowest BCUT2D eigenvalue weighted by Gasteiger charge is -2.43. The third kappa shape index (κ3) is 4.53. The van der Waals surface area contributed by atoms with Crippen LogP contribution in [-0.4, -0.2) is 87.2 Å². The molecular weight excluding hydrogens is 412 g/mol. The number of urea groups is 1. The first-order valence-electron chi connectivity index (χ1n) is 11.3. The molecule has 3 fully saturated rings. The molecule has 1 aromatic rings. The predicted octanol–water partition coefficient (Wildman–Crippen LogP) is 1.33. The van der Waals surface area contributed by atoms with Gasteiger partial charge in [-0.3, -0.25) is 14.5 Å². The summed E-state index contributed by atoms with van der Waals surface area (Å²) in [7, 11) is 3.20. The zero-order valence-corrected chi connectivity index (χ0v) is 18.8. The molecule has 3 aliphatic rings. The molecule has 3 unspecified atom stereocenters. The molecule has 1 saturated carbocycles. The van der Waals surface area contributed by atoms with Gasteiger partial charge in [0.1, 0.15) is 5.75 Å². The number of methoxy groups -OCH3 is 2. The van der Waals surface area contributed by atoms with Crippen molar-refractivity contribution in [3.63, 3.8) is 0 Å². The maximum atomic E-state index is 13.2. The van der Waals surface area contributed by atoms with Crippen molar-refractivity contribution < 1.29 is 23.9 Å². The van der Waals surface area contributed by atoms with E-state index >= 15 is 0 Å². The van der Waals surface area contributed by atoms with E-state index < -0.39 is 0 Å². The third-order valence-corrected chi connectivity index (χ3v) is 6.88. The van der Waals surface area contributed by atoms with E-state index in [0.717, 1.165) is 24.5 Å². The van der Waals surface area contributed by atoms with Gasteiger partial charge in [0, 0.05) is 50.9 Å². The molecule has 1 aromatic carbocycles. The van der Waals surface area contributed by atoms with Gasteiger partial charge >= 0.3 is 6.03 Å². The predicted molar refractivity (Wildman–Crippen MR) is 119 cm³/mol. The van der Waals surface area contributed by atoms with Crippen molar-refractivity contribution in [2.45, 2.75) is 25.3 Å². The van der Waals surface area contributed by atoms with Crippen LogP contribution in [0.15, 0.2) is 24.3 Å². The number of ether oxygens (including phenoxy) is 2. The van der Waals surface area contributed by atoms with Crippen molar-refractivity contribution in [3.05, 3.63) is 24.3 Å². The summed E-state index contributed by atoms with van der Waals surface area (Å²) in [6.45, 7) is 3.48. The largest absolute Gasteiger partial charge is 0.497 e. The van der Waals surface area contributed by atoms with E-state index in [1.165, 1.54) is 4.90 Å². The second-order valence-electron chi connectivity index (χ2n) is 8.67. The van der Waals surface area contributed by atoms with E-state index in [9.17, 15) is 14.4 Å².